The summed E-state index contributed by atoms with van der Waals surface area (Å²) in [5, 5.41) is 4.17. The Hall–Kier alpha value is -2.34. The fourth-order valence-electron chi connectivity index (χ4n) is 1.69. The van der Waals surface area contributed by atoms with Crippen molar-refractivity contribution >= 4 is 5.91 Å². The molecular formula is C12H14N4O2. The Bertz CT molecular complexity index is 560. The van der Waals surface area contributed by atoms with E-state index in [1.54, 1.807) is 11.8 Å². The first-order valence-corrected chi connectivity index (χ1v) is 5.37. The molecule has 0 aliphatic heterocycles. The van der Waals surface area contributed by atoms with Gasteiger partial charge in [0, 0.05) is 0 Å². The van der Waals surface area contributed by atoms with E-state index in [0.29, 0.717) is 5.56 Å². The van der Waals surface area contributed by atoms with Crippen molar-refractivity contribution in [3.8, 4) is 11.4 Å². The quantitative estimate of drug-likeness (QED) is 0.476. The maximum absolute atomic E-state index is 11.5. The zero-order valence-corrected chi connectivity index (χ0v) is 10.2. The van der Waals surface area contributed by atoms with Crippen LogP contribution in [0.2, 0.25) is 0 Å². The fourth-order valence-corrected chi connectivity index (χ4v) is 1.69. The minimum Gasteiger partial charge on any atom is -0.497 e. The number of carbonyl (C=O) groups excluding carboxylic acids is 1. The molecule has 0 radical (unpaired) electrons. The Kier molecular flexibility index (Phi) is 3.29. The summed E-state index contributed by atoms with van der Waals surface area (Å²) in [5.41, 5.74) is 4.12. The molecule has 0 aliphatic rings. The number of amides is 1. The molecule has 6 nitrogen and oxygen atoms in total. The highest BCUT2D eigenvalue weighted by Crippen LogP contribution is 2.17. The van der Waals surface area contributed by atoms with Crippen LogP contribution in [0.15, 0.2) is 30.5 Å². The minimum atomic E-state index is -0.354. The third-order valence-corrected chi connectivity index (χ3v) is 2.70. The molecule has 0 bridgehead atoms. The van der Waals surface area contributed by atoms with Crippen LogP contribution < -0.4 is 16.0 Å². The number of ether oxygens (including phenoxy) is 1. The second-order valence-corrected chi connectivity index (χ2v) is 3.73. The Morgan fingerprint density at radius 1 is 1.39 bits per heavy atom. The highest BCUT2D eigenvalue weighted by atomic mass is 16.5. The molecule has 94 valence electrons. The van der Waals surface area contributed by atoms with Crippen molar-refractivity contribution in [2.45, 2.75) is 6.92 Å². The molecule has 0 atom stereocenters. The van der Waals surface area contributed by atoms with Crippen LogP contribution in [0.3, 0.4) is 0 Å². The van der Waals surface area contributed by atoms with E-state index in [2.05, 4.69) is 10.5 Å². The van der Waals surface area contributed by atoms with E-state index in [-0.39, 0.29) is 5.91 Å². The van der Waals surface area contributed by atoms with E-state index in [9.17, 15) is 4.79 Å². The predicted octanol–water partition coefficient (Wildman–Crippen LogP) is 0.793. The van der Waals surface area contributed by atoms with Crippen LogP contribution in [0.1, 0.15) is 16.1 Å². The van der Waals surface area contributed by atoms with E-state index in [1.807, 2.05) is 31.2 Å². The minimum absolute atomic E-state index is 0.354. The van der Waals surface area contributed by atoms with E-state index in [0.717, 1.165) is 17.1 Å². The van der Waals surface area contributed by atoms with Crippen molar-refractivity contribution in [3.05, 3.63) is 41.7 Å². The van der Waals surface area contributed by atoms with Crippen LogP contribution in [-0.4, -0.2) is 22.8 Å². The molecule has 0 fully saturated rings. The van der Waals surface area contributed by atoms with Gasteiger partial charge in [-0.3, -0.25) is 10.2 Å². The van der Waals surface area contributed by atoms with Gasteiger partial charge >= 0.3 is 0 Å². The number of aromatic nitrogens is 2. The number of nitrogens with two attached hydrogens (primary N) is 1. The molecule has 0 spiro atoms. The molecular weight excluding hydrogens is 232 g/mol. The fraction of sp³-hybridized carbons (Fsp3) is 0.167. The summed E-state index contributed by atoms with van der Waals surface area (Å²) in [7, 11) is 1.61. The van der Waals surface area contributed by atoms with Crippen LogP contribution in [0.25, 0.3) is 5.69 Å². The van der Waals surface area contributed by atoms with Gasteiger partial charge in [-0.1, -0.05) is 0 Å². The van der Waals surface area contributed by atoms with Crippen molar-refractivity contribution in [1.29, 1.82) is 0 Å². The second kappa shape index (κ2) is 4.89. The third-order valence-electron chi connectivity index (χ3n) is 2.70. The molecule has 0 saturated carbocycles. The monoisotopic (exact) mass is 246 g/mol. The lowest BCUT2D eigenvalue weighted by molar-refractivity contribution is 0.0953. The van der Waals surface area contributed by atoms with E-state index in [4.69, 9.17) is 10.6 Å². The summed E-state index contributed by atoms with van der Waals surface area (Å²) in [6.07, 6.45) is 1.49. The molecule has 0 saturated heterocycles. The van der Waals surface area contributed by atoms with Crippen molar-refractivity contribution in [1.82, 2.24) is 15.2 Å². The average Bonchev–Trinajstić information content (AvgIpc) is 2.80. The highest BCUT2D eigenvalue weighted by Gasteiger charge is 2.13. The number of methoxy groups -OCH3 is 1. The number of hydrogen-bond acceptors (Lipinski definition) is 4. The normalized spacial score (nSPS) is 10.2. The number of hydrazine groups is 1. The van der Waals surface area contributed by atoms with E-state index in [1.165, 1.54) is 6.20 Å². The topological polar surface area (TPSA) is 82.2 Å². The van der Waals surface area contributed by atoms with Gasteiger partial charge in [0.1, 0.15) is 5.75 Å². The first-order chi connectivity index (χ1) is 8.67. The number of rotatable bonds is 3. The number of nitrogen functional groups attached to an aromatic ring is 1. The molecule has 3 N–H and O–H groups in total. The number of benzene rings is 1. The van der Waals surface area contributed by atoms with Crippen LogP contribution in [-0.2, 0) is 0 Å². The zero-order valence-electron chi connectivity index (χ0n) is 10.2. The van der Waals surface area contributed by atoms with Gasteiger partial charge in [0.25, 0.3) is 5.91 Å². The summed E-state index contributed by atoms with van der Waals surface area (Å²) in [4.78, 5) is 11.5. The Morgan fingerprint density at radius 2 is 2.06 bits per heavy atom. The van der Waals surface area contributed by atoms with Gasteiger partial charge in [0.15, 0.2) is 0 Å². The van der Waals surface area contributed by atoms with Crippen molar-refractivity contribution in [3.63, 3.8) is 0 Å². The third kappa shape index (κ3) is 2.05. The average molecular weight is 246 g/mol. The van der Waals surface area contributed by atoms with Gasteiger partial charge in [-0.25, -0.2) is 10.5 Å². The van der Waals surface area contributed by atoms with Crippen molar-refractivity contribution < 1.29 is 9.53 Å². The van der Waals surface area contributed by atoms with Crippen LogP contribution in [0.5, 0.6) is 5.75 Å². The Balaban J connectivity index is 2.39. The van der Waals surface area contributed by atoms with Gasteiger partial charge in [-0.2, -0.15) is 5.10 Å². The maximum atomic E-state index is 11.5. The van der Waals surface area contributed by atoms with Crippen LogP contribution in [0.4, 0.5) is 0 Å². The summed E-state index contributed by atoms with van der Waals surface area (Å²) < 4.78 is 6.76. The lowest BCUT2D eigenvalue weighted by atomic mass is 10.2. The molecule has 18 heavy (non-hydrogen) atoms. The summed E-state index contributed by atoms with van der Waals surface area (Å²) in [6, 6.07) is 7.39. The zero-order chi connectivity index (χ0) is 13.1. The smallest absolute Gasteiger partial charge is 0.268 e. The second-order valence-electron chi connectivity index (χ2n) is 3.73. The largest absolute Gasteiger partial charge is 0.497 e. The molecule has 0 unspecified atom stereocenters. The van der Waals surface area contributed by atoms with E-state index >= 15 is 0 Å². The predicted molar refractivity (Wildman–Crippen MR) is 66.5 cm³/mol. The first kappa shape index (κ1) is 12.1. The Labute approximate surface area is 104 Å². The molecule has 1 aromatic heterocycles. The molecule has 2 aromatic rings. The summed E-state index contributed by atoms with van der Waals surface area (Å²) in [5.74, 6) is 5.52. The van der Waals surface area contributed by atoms with E-state index < -0.39 is 0 Å². The molecule has 1 amide bonds. The SMILES string of the molecule is COc1ccc(-n2ncc(C(=O)NN)c2C)cc1. The van der Waals surface area contributed by atoms with Crippen molar-refractivity contribution in [2.24, 2.45) is 5.84 Å². The van der Waals surface area contributed by atoms with Crippen LogP contribution in [0, 0.1) is 6.92 Å². The van der Waals surface area contributed by atoms with Gasteiger partial charge in [-0.05, 0) is 31.2 Å². The highest BCUT2D eigenvalue weighted by molar-refractivity contribution is 5.94. The number of nitrogens with one attached hydrogen (secondary N) is 1. The lowest BCUT2D eigenvalue weighted by Crippen LogP contribution is -2.30. The maximum Gasteiger partial charge on any atom is 0.268 e. The van der Waals surface area contributed by atoms with Gasteiger partial charge in [0.05, 0.1) is 30.3 Å². The van der Waals surface area contributed by atoms with Crippen molar-refractivity contribution in [2.75, 3.05) is 7.11 Å². The lowest BCUT2D eigenvalue weighted by Gasteiger charge is -2.06. The van der Waals surface area contributed by atoms with Gasteiger partial charge < -0.3 is 4.74 Å². The van der Waals surface area contributed by atoms with Gasteiger partial charge in [-0.15, -0.1) is 0 Å². The molecule has 0 aliphatic carbocycles. The first-order valence-electron chi connectivity index (χ1n) is 5.37. The van der Waals surface area contributed by atoms with Crippen LogP contribution >= 0.6 is 0 Å². The molecule has 6 heteroatoms. The molecule has 1 aromatic carbocycles. The van der Waals surface area contributed by atoms with Gasteiger partial charge in [0.2, 0.25) is 0 Å². The Morgan fingerprint density at radius 3 is 2.61 bits per heavy atom. The number of hydrogen-bond donors (Lipinski definition) is 2. The number of carbonyl (C=O) groups is 1. The molecule has 2 rings (SSSR count). The number of nitrogens with zero attached hydrogens (tertiary/aromatic N) is 2. The molecule has 1 heterocycles. The summed E-state index contributed by atoms with van der Waals surface area (Å²) in [6.45, 7) is 1.81. The standard InChI is InChI=1S/C12H14N4O2/c1-8-11(12(17)15-13)7-14-16(8)9-3-5-10(18-2)6-4-9/h3-7H,13H2,1-2H3,(H,15,17). The summed E-state index contributed by atoms with van der Waals surface area (Å²) >= 11 is 0.